The summed E-state index contributed by atoms with van der Waals surface area (Å²) >= 11 is 0. The number of H-pyrrole nitrogens is 1. The molecule has 2 heterocycles. The number of fused-ring (bicyclic) bond motifs is 1. The molecule has 1 aromatic carbocycles. The molecule has 0 aliphatic heterocycles. The van der Waals surface area contributed by atoms with Crippen LogP contribution in [0, 0.1) is 0 Å². The second kappa shape index (κ2) is 5.16. The Kier molecular flexibility index (Phi) is 3.19. The van der Waals surface area contributed by atoms with Gasteiger partial charge in [-0.25, -0.2) is 0 Å². The van der Waals surface area contributed by atoms with Gasteiger partial charge in [0.2, 0.25) is 5.91 Å². The Balaban J connectivity index is 1.72. The molecule has 2 amide bonds. The number of nitrogens with one attached hydrogen (secondary N) is 3. The number of furan rings is 1. The van der Waals surface area contributed by atoms with Gasteiger partial charge in [0.15, 0.2) is 5.58 Å². The van der Waals surface area contributed by atoms with Crippen LogP contribution in [0.4, 0.5) is 11.4 Å². The van der Waals surface area contributed by atoms with Crippen molar-refractivity contribution in [3.8, 4) is 0 Å². The van der Waals surface area contributed by atoms with Crippen molar-refractivity contribution >= 4 is 34.3 Å². The lowest BCUT2D eigenvalue weighted by Crippen LogP contribution is -2.12. The second-order valence-corrected chi connectivity index (χ2v) is 4.59. The Hall–Kier alpha value is -3.02. The van der Waals surface area contributed by atoms with E-state index in [2.05, 4.69) is 15.6 Å². The van der Waals surface area contributed by atoms with E-state index in [1.54, 1.807) is 42.7 Å². The molecule has 0 fully saturated rings. The fraction of sp³-hybridized carbons (Fsp3) is 0.0667. The zero-order chi connectivity index (χ0) is 14.8. The molecule has 0 spiro atoms. The van der Waals surface area contributed by atoms with Gasteiger partial charge in [0, 0.05) is 30.4 Å². The number of hydrogen-bond acceptors (Lipinski definition) is 3. The summed E-state index contributed by atoms with van der Waals surface area (Å²) in [6.45, 7) is 1.44. The van der Waals surface area contributed by atoms with Gasteiger partial charge in [-0.1, -0.05) is 0 Å². The number of rotatable bonds is 3. The van der Waals surface area contributed by atoms with Crippen molar-refractivity contribution in [3.05, 3.63) is 48.4 Å². The number of carbonyl (C=O) groups is 2. The number of aromatic amines is 1. The van der Waals surface area contributed by atoms with E-state index in [9.17, 15) is 9.59 Å². The predicted molar refractivity (Wildman–Crippen MR) is 79.3 cm³/mol. The zero-order valence-electron chi connectivity index (χ0n) is 11.3. The highest BCUT2D eigenvalue weighted by Crippen LogP contribution is 2.18. The normalized spacial score (nSPS) is 10.5. The molecule has 6 nitrogen and oxygen atoms in total. The van der Waals surface area contributed by atoms with Crippen molar-refractivity contribution in [2.75, 3.05) is 10.6 Å². The average molecular weight is 283 g/mol. The van der Waals surface area contributed by atoms with Gasteiger partial charge < -0.3 is 20.0 Å². The molecule has 3 N–H and O–H groups in total. The van der Waals surface area contributed by atoms with E-state index in [-0.39, 0.29) is 11.8 Å². The summed E-state index contributed by atoms with van der Waals surface area (Å²) in [4.78, 5) is 26.0. The minimum Gasteiger partial charge on any atom is -0.463 e. The van der Waals surface area contributed by atoms with E-state index in [1.165, 1.54) is 6.92 Å². The van der Waals surface area contributed by atoms with Crippen LogP contribution in [0.25, 0.3) is 11.1 Å². The second-order valence-electron chi connectivity index (χ2n) is 4.59. The minimum absolute atomic E-state index is 0.138. The van der Waals surface area contributed by atoms with Crippen LogP contribution in [0.2, 0.25) is 0 Å². The number of benzene rings is 1. The van der Waals surface area contributed by atoms with Crippen molar-refractivity contribution in [1.29, 1.82) is 0 Å². The lowest BCUT2D eigenvalue weighted by atomic mass is 10.2. The zero-order valence-corrected chi connectivity index (χ0v) is 11.3. The fourth-order valence-electron chi connectivity index (χ4n) is 2.01. The van der Waals surface area contributed by atoms with Crippen molar-refractivity contribution in [3.63, 3.8) is 0 Å². The van der Waals surface area contributed by atoms with Crippen LogP contribution in [0.15, 0.2) is 47.1 Å². The summed E-state index contributed by atoms with van der Waals surface area (Å²) in [5.41, 5.74) is 3.16. The van der Waals surface area contributed by atoms with Crippen molar-refractivity contribution < 1.29 is 14.0 Å². The Morgan fingerprint density at radius 2 is 1.71 bits per heavy atom. The van der Waals surface area contributed by atoms with E-state index in [0.717, 1.165) is 5.52 Å². The molecule has 0 unspecified atom stereocenters. The van der Waals surface area contributed by atoms with Gasteiger partial charge in [-0.15, -0.1) is 0 Å². The first-order chi connectivity index (χ1) is 10.1. The molecule has 0 aliphatic carbocycles. The van der Waals surface area contributed by atoms with E-state index < -0.39 is 0 Å². The average Bonchev–Trinajstić information content (AvgIpc) is 3.01. The lowest BCUT2D eigenvalue weighted by Gasteiger charge is -2.06. The van der Waals surface area contributed by atoms with Crippen LogP contribution in [-0.4, -0.2) is 16.8 Å². The topological polar surface area (TPSA) is 87.1 Å². The minimum atomic E-state index is -0.256. The Morgan fingerprint density at radius 1 is 1.05 bits per heavy atom. The highest BCUT2D eigenvalue weighted by molar-refractivity contribution is 6.05. The first-order valence-electron chi connectivity index (χ1n) is 6.37. The number of carbonyl (C=O) groups excluding carboxylic acids is 2. The summed E-state index contributed by atoms with van der Waals surface area (Å²) in [5, 5.41) is 5.43. The molecule has 0 atom stereocenters. The molecular weight excluding hydrogens is 270 g/mol. The molecule has 0 radical (unpaired) electrons. The van der Waals surface area contributed by atoms with Crippen LogP contribution >= 0.6 is 0 Å². The van der Waals surface area contributed by atoms with E-state index >= 15 is 0 Å². The monoisotopic (exact) mass is 283 g/mol. The van der Waals surface area contributed by atoms with Crippen LogP contribution in [0.1, 0.15) is 17.4 Å². The lowest BCUT2D eigenvalue weighted by molar-refractivity contribution is -0.114. The van der Waals surface area contributed by atoms with Gasteiger partial charge in [-0.05, 0) is 24.3 Å². The maximum Gasteiger partial charge on any atom is 0.272 e. The van der Waals surface area contributed by atoms with Gasteiger partial charge in [-0.2, -0.15) is 0 Å². The Morgan fingerprint density at radius 3 is 2.33 bits per heavy atom. The molecule has 0 aliphatic rings. The molecule has 2 aromatic heterocycles. The summed E-state index contributed by atoms with van der Waals surface area (Å²) in [6, 6.07) is 10.3. The first-order valence-corrected chi connectivity index (χ1v) is 6.37. The molecule has 0 saturated heterocycles. The molecule has 0 bridgehead atoms. The van der Waals surface area contributed by atoms with Crippen LogP contribution in [-0.2, 0) is 4.79 Å². The highest BCUT2D eigenvalue weighted by atomic mass is 16.3. The highest BCUT2D eigenvalue weighted by Gasteiger charge is 2.11. The third kappa shape index (κ3) is 2.79. The third-order valence-corrected chi connectivity index (χ3v) is 2.95. The smallest absolute Gasteiger partial charge is 0.272 e. The Labute approximate surface area is 120 Å². The number of amides is 2. The molecule has 6 heteroatoms. The van der Waals surface area contributed by atoms with E-state index in [4.69, 9.17) is 4.42 Å². The molecule has 3 aromatic rings. The number of aromatic nitrogens is 1. The maximum absolute atomic E-state index is 12.1. The maximum atomic E-state index is 12.1. The van der Waals surface area contributed by atoms with Crippen molar-refractivity contribution in [2.24, 2.45) is 0 Å². The molecular formula is C15H13N3O3. The summed E-state index contributed by atoms with van der Waals surface area (Å²) in [6.07, 6.45) is 1.56. The standard InChI is InChI=1S/C15H13N3O3/c1-9(19)16-10-2-4-11(5-3-10)17-15(20)13-8-14-12(18-13)6-7-21-14/h2-8,18H,1H3,(H,16,19)(H,17,20). The third-order valence-electron chi connectivity index (χ3n) is 2.95. The van der Waals surface area contributed by atoms with Crippen molar-refractivity contribution in [2.45, 2.75) is 6.92 Å². The summed E-state index contributed by atoms with van der Waals surface area (Å²) in [5.74, 6) is -0.394. The molecule has 21 heavy (non-hydrogen) atoms. The largest absolute Gasteiger partial charge is 0.463 e. The van der Waals surface area contributed by atoms with Crippen LogP contribution < -0.4 is 10.6 Å². The van der Waals surface area contributed by atoms with Gasteiger partial charge >= 0.3 is 0 Å². The number of hydrogen-bond donors (Lipinski definition) is 3. The van der Waals surface area contributed by atoms with E-state index in [0.29, 0.717) is 22.7 Å². The quantitative estimate of drug-likeness (QED) is 0.690. The SMILES string of the molecule is CC(=O)Nc1ccc(NC(=O)c2cc3occc3[nH]2)cc1. The van der Waals surface area contributed by atoms with Crippen LogP contribution in [0.5, 0.6) is 0 Å². The fourth-order valence-corrected chi connectivity index (χ4v) is 2.01. The predicted octanol–water partition coefficient (Wildman–Crippen LogP) is 2.97. The van der Waals surface area contributed by atoms with Gasteiger partial charge in [0.25, 0.3) is 5.91 Å². The number of anilines is 2. The van der Waals surface area contributed by atoms with Gasteiger partial charge in [0.1, 0.15) is 5.69 Å². The first kappa shape index (κ1) is 13.0. The van der Waals surface area contributed by atoms with Crippen LogP contribution in [0.3, 0.4) is 0 Å². The summed E-state index contributed by atoms with van der Waals surface area (Å²) in [7, 11) is 0. The van der Waals surface area contributed by atoms with Crippen molar-refractivity contribution in [1.82, 2.24) is 4.98 Å². The van der Waals surface area contributed by atoms with E-state index in [1.807, 2.05) is 0 Å². The molecule has 0 saturated carbocycles. The molecule has 106 valence electrons. The summed E-state index contributed by atoms with van der Waals surface area (Å²) < 4.78 is 5.20. The van der Waals surface area contributed by atoms with Gasteiger partial charge in [-0.3, -0.25) is 9.59 Å². The molecule has 3 rings (SSSR count). The van der Waals surface area contributed by atoms with Gasteiger partial charge in [0.05, 0.1) is 11.8 Å². The Bertz CT molecular complexity index is 771.